The van der Waals surface area contributed by atoms with Gasteiger partial charge in [0.1, 0.15) is 25.0 Å². The molecule has 0 radical (unpaired) electrons. The molecule has 0 unspecified atom stereocenters. The molecule has 5 amide bonds. The highest BCUT2D eigenvalue weighted by Crippen LogP contribution is 2.17. The van der Waals surface area contributed by atoms with Crippen LogP contribution < -0.4 is 27.0 Å². The van der Waals surface area contributed by atoms with E-state index in [2.05, 4.69) is 21.3 Å². The molecule has 24 nitrogen and oxygen atoms in total. The van der Waals surface area contributed by atoms with Crippen LogP contribution in [0.1, 0.15) is 200 Å². The van der Waals surface area contributed by atoms with Gasteiger partial charge in [0, 0.05) is 77.1 Å². The molecule has 0 aromatic carbocycles. The Morgan fingerprint density at radius 2 is 0.889 bits per heavy atom. The number of nitrogens with one attached hydrogen (secondary N) is 4. The van der Waals surface area contributed by atoms with Crippen LogP contribution in [0, 0.1) is 17.8 Å². The summed E-state index contributed by atoms with van der Waals surface area (Å²) in [6.07, 6.45) is 18.0. The molecule has 0 saturated carbocycles. The van der Waals surface area contributed by atoms with Crippen LogP contribution in [0.3, 0.4) is 0 Å². The van der Waals surface area contributed by atoms with Crippen LogP contribution in [0.4, 0.5) is 0 Å². The van der Waals surface area contributed by atoms with E-state index in [9.17, 15) is 68.1 Å². The molecule has 10 N–H and O–H groups in total. The third-order valence-electron chi connectivity index (χ3n) is 13.6. The van der Waals surface area contributed by atoms with Crippen molar-refractivity contribution in [2.24, 2.45) is 23.5 Å². The van der Waals surface area contributed by atoms with Gasteiger partial charge >= 0.3 is 23.9 Å². The maximum Gasteiger partial charge on any atom is 0.326 e. The van der Waals surface area contributed by atoms with Gasteiger partial charge in [0.2, 0.25) is 29.5 Å². The number of unbranched alkanes of at least 4 members (excludes halogenated alkanes) is 14. The molecule has 0 bridgehead atoms. The van der Waals surface area contributed by atoms with Crippen molar-refractivity contribution < 1.29 is 92.1 Å². The number of aliphatic carboxylic acids is 4. The minimum absolute atomic E-state index is 0.00207. The Morgan fingerprint density at radius 1 is 0.383 bits per heavy atom. The fourth-order valence-electron chi connectivity index (χ4n) is 8.62. The standard InChI is InChI=1S/C57H99N5O19/c1-2-43(54(58)71)20-17-18-31-59-49(65)28-24-44(55(72)73)30-32-60-50(66)29-25-45(56(74)75)40-47(64)41-80-38-37-79-35-33-61-52(68)42-81-39-36-78-34-19-21-46(63)26-27-48(57(76)77)62-51(67)22-15-13-11-9-7-5-3-4-6-8-10-12-14-16-23-53(69)70/h43-45,48H,2-42H2,1H3,(H2,58,71)(H,59,65)(H,60,66)(H,61,68)(H,62,67)(H,69,70)(H,72,73)(H,74,75)(H,76,77)/t43-,44+,45+,48-/m0/s1. The maximum atomic E-state index is 12.4. The summed E-state index contributed by atoms with van der Waals surface area (Å²) in [5, 5.41) is 47.9. The second-order valence-corrected chi connectivity index (χ2v) is 20.5. The smallest absolute Gasteiger partial charge is 0.326 e. The summed E-state index contributed by atoms with van der Waals surface area (Å²) in [5.41, 5.74) is 5.34. The SMILES string of the molecule is CC[C@@H](CCCCNC(=O)CC[C@H](CCNC(=O)CC[C@H](CC(=O)COCCOCCNC(=O)COCCOCCCC(=O)CC[C@H](NC(=O)CCCCCCCCCCCCCCCCC(=O)O)C(=O)O)C(=O)O)C(=O)O)C(N)=O. The first-order valence-corrected chi connectivity index (χ1v) is 29.5. The topological polar surface area (TPSA) is 380 Å². The monoisotopic (exact) mass is 1160 g/mol. The number of Topliss-reactive ketones (excluding diaryl/α,β-unsaturated/α-hetero) is 2. The number of carboxylic acid groups (broad SMARTS) is 4. The van der Waals surface area contributed by atoms with E-state index < -0.39 is 53.4 Å². The number of nitrogens with two attached hydrogens (primary N) is 1. The van der Waals surface area contributed by atoms with E-state index in [1.807, 2.05) is 6.92 Å². The lowest BCUT2D eigenvalue weighted by Crippen LogP contribution is -2.41. The van der Waals surface area contributed by atoms with E-state index in [1.54, 1.807) is 0 Å². The lowest BCUT2D eigenvalue weighted by Gasteiger charge is -2.14. The van der Waals surface area contributed by atoms with Crippen LogP contribution >= 0.6 is 0 Å². The molecule has 0 aromatic rings. The number of ketones is 2. The van der Waals surface area contributed by atoms with Gasteiger partial charge in [-0.3, -0.25) is 47.9 Å². The van der Waals surface area contributed by atoms with E-state index in [0.717, 1.165) is 51.4 Å². The first-order chi connectivity index (χ1) is 38.9. The number of carbonyl (C=O) groups excluding carboxylic acids is 7. The highest BCUT2D eigenvalue weighted by Gasteiger charge is 2.24. The average Bonchev–Trinajstić information content (AvgIpc) is 3.41. The largest absolute Gasteiger partial charge is 0.481 e. The van der Waals surface area contributed by atoms with E-state index in [1.165, 1.54) is 32.1 Å². The number of primary amides is 1. The highest BCUT2D eigenvalue weighted by atomic mass is 16.5. The van der Waals surface area contributed by atoms with E-state index in [0.29, 0.717) is 45.1 Å². The van der Waals surface area contributed by atoms with Crippen LogP contribution in [0.15, 0.2) is 0 Å². The molecule has 0 fully saturated rings. The minimum Gasteiger partial charge on any atom is -0.481 e. The molecular formula is C57H99N5O19. The molecule has 0 spiro atoms. The molecule has 0 saturated heterocycles. The third-order valence-corrected chi connectivity index (χ3v) is 13.6. The summed E-state index contributed by atoms with van der Waals surface area (Å²) in [7, 11) is 0. The Hall–Kier alpha value is -5.59. The lowest BCUT2D eigenvalue weighted by molar-refractivity contribution is -0.145. The fraction of sp³-hybridized carbons (Fsp3) is 0.807. The van der Waals surface area contributed by atoms with Gasteiger partial charge in [0.25, 0.3) is 0 Å². The van der Waals surface area contributed by atoms with Crippen LogP contribution in [0.5, 0.6) is 0 Å². The molecule has 0 aliphatic heterocycles. The van der Waals surface area contributed by atoms with Crippen molar-refractivity contribution in [1.29, 1.82) is 0 Å². The van der Waals surface area contributed by atoms with Gasteiger partial charge in [-0.1, -0.05) is 90.4 Å². The Kier molecular flexibility index (Phi) is 47.8. The Bertz CT molecular complexity index is 1820. The first kappa shape index (κ1) is 75.4. The summed E-state index contributed by atoms with van der Waals surface area (Å²) in [6.45, 7) is 2.68. The zero-order chi connectivity index (χ0) is 60.3. The van der Waals surface area contributed by atoms with E-state index in [-0.39, 0.29) is 172 Å². The molecule has 0 aliphatic rings. The Morgan fingerprint density at radius 3 is 1.43 bits per heavy atom. The molecule has 0 aliphatic carbocycles. The van der Waals surface area contributed by atoms with E-state index >= 15 is 0 Å². The van der Waals surface area contributed by atoms with Crippen molar-refractivity contribution in [2.75, 3.05) is 72.5 Å². The number of rotatable bonds is 59. The normalized spacial score (nSPS) is 12.6. The number of carboxylic acids is 4. The minimum atomic E-state index is -1.26. The number of amides is 5. The number of hydrogen-bond acceptors (Lipinski definition) is 15. The third kappa shape index (κ3) is 47.7. The molecule has 0 heterocycles. The fourth-order valence-corrected chi connectivity index (χ4v) is 8.62. The quantitative estimate of drug-likeness (QED) is 0.0343. The second kappa shape index (κ2) is 51.3. The number of carbonyl (C=O) groups is 11. The van der Waals surface area contributed by atoms with Gasteiger partial charge in [-0.05, 0) is 64.2 Å². The number of ether oxygens (including phenoxy) is 4. The zero-order valence-corrected chi connectivity index (χ0v) is 48.3. The molecule has 0 aromatic heterocycles. The molecule has 0 rings (SSSR count). The Labute approximate surface area is 478 Å². The van der Waals surface area contributed by atoms with Gasteiger partial charge in [-0.25, -0.2) is 4.79 Å². The van der Waals surface area contributed by atoms with Crippen molar-refractivity contribution in [3.05, 3.63) is 0 Å². The summed E-state index contributed by atoms with van der Waals surface area (Å²) in [4.78, 5) is 131. The van der Waals surface area contributed by atoms with Gasteiger partial charge in [0.15, 0.2) is 5.78 Å². The van der Waals surface area contributed by atoms with Crippen molar-refractivity contribution in [1.82, 2.24) is 21.3 Å². The molecular weight excluding hydrogens is 1060 g/mol. The van der Waals surface area contributed by atoms with E-state index in [4.69, 9.17) is 29.8 Å². The highest BCUT2D eigenvalue weighted by molar-refractivity contribution is 5.86. The Balaban J connectivity index is 3.94. The van der Waals surface area contributed by atoms with Gasteiger partial charge in [-0.2, -0.15) is 0 Å². The van der Waals surface area contributed by atoms with Crippen LogP contribution in [0.25, 0.3) is 0 Å². The molecule has 466 valence electrons. The maximum absolute atomic E-state index is 12.4. The van der Waals surface area contributed by atoms with Crippen LogP contribution in [0.2, 0.25) is 0 Å². The van der Waals surface area contributed by atoms with Crippen molar-refractivity contribution in [2.45, 2.75) is 206 Å². The molecule has 24 heteroatoms. The van der Waals surface area contributed by atoms with Crippen LogP contribution in [-0.2, 0) is 71.7 Å². The van der Waals surface area contributed by atoms with Crippen molar-refractivity contribution in [3.8, 4) is 0 Å². The first-order valence-electron chi connectivity index (χ1n) is 29.5. The molecule has 81 heavy (non-hydrogen) atoms. The lowest BCUT2D eigenvalue weighted by atomic mass is 9.97. The summed E-state index contributed by atoms with van der Waals surface area (Å²) >= 11 is 0. The van der Waals surface area contributed by atoms with Crippen molar-refractivity contribution >= 4 is 65.0 Å². The zero-order valence-electron chi connectivity index (χ0n) is 48.3. The predicted octanol–water partition coefficient (Wildman–Crippen LogP) is 5.42. The van der Waals surface area contributed by atoms with Gasteiger partial charge < -0.3 is 66.4 Å². The summed E-state index contributed by atoms with van der Waals surface area (Å²) in [5.74, 6) is -9.02. The number of hydrogen-bond donors (Lipinski definition) is 9. The summed E-state index contributed by atoms with van der Waals surface area (Å²) < 4.78 is 21.4. The molecule has 4 atom stereocenters. The van der Waals surface area contributed by atoms with Gasteiger partial charge in [0.05, 0.1) is 44.9 Å². The van der Waals surface area contributed by atoms with Crippen LogP contribution in [-0.4, -0.2) is 164 Å². The summed E-state index contributed by atoms with van der Waals surface area (Å²) in [6, 6.07) is -1.14. The predicted molar refractivity (Wildman–Crippen MR) is 299 cm³/mol. The second-order valence-electron chi connectivity index (χ2n) is 20.5. The van der Waals surface area contributed by atoms with Gasteiger partial charge in [-0.15, -0.1) is 0 Å². The average molecular weight is 1160 g/mol. The van der Waals surface area contributed by atoms with Crippen molar-refractivity contribution in [3.63, 3.8) is 0 Å².